The third-order valence-corrected chi connectivity index (χ3v) is 2.09. The lowest BCUT2D eigenvalue weighted by atomic mass is 9.90. The van der Waals surface area contributed by atoms with Gasteiger partial charge in [-0.05, 0) is 6.07 Å². The zero-order valence-electron chi connectivity index (χ0n) is 12.0. The monoisotopic (exact) mass is 222 g/mol. The van der Waals surface area contributed by atoms with Crippen molar-refractivity contribution < 1.29 is 0 Å². The van der Waals surface area contributed by atoms with E-state index in [-0.39, 0.29) is 10.8 Å². The summed E-state index contributed by atoms with van der Waals surface area (Å²) in [5.74, 6) is 0.921. The van der Waals surface area contributed by atoms with Gasteiger partial charge in [0.15, 0.2) is 0 Å². The van der Waals surface area contributed by atoms with Crippen LogP contribution in [0.2, 0.25) is 0 Å². The highest BCUT2D eigenvalue weighted by Gasteiger charge is 2.21. The van der Waals surface area contributed by atoms with Crippen LogP contribution in [0.25, 0.3) is 0 Å². The van der Waals surface area contributed by atoms with Crippen molar-refractivity contribution in [3.8, 4) is 0 Å². The summed E-state index contributed by atoms with van der Waals surface area (Å²) >= 11 is 0. The van der Waals surface area contributed by atoms with E-state index in [0.717, 1.165) is 11.5 Å². The molecule has 0 fully saturated rings. The van der Waals surface area contributed by atoms with E-state index in [0.29, 0.717) is 0 Å². The van der Waals surface area contributed by atoms with Crippen molar-refractivity contribution in [3.05, 3.63) is 23.8 Å². The summed E-state index contributed by atoms with van der Waals surface area (Å²) in [6.45, 7) is 16.9. The standard InChI is InChI=1S/C12H20N2.C2H6/c1-11(2,3)9-7-8-13-10(14-9)12(4,5)6;1-2/h7-8H,1-6H3;1-2H3. The third kappa shape index (κ3) is 4.30. The summed E-state index contributed by atoms with van der Waals surface area (Å²) in [5, 5.41) is 0. The van der Waals surface area contributed by atoms with Gasteiger partial charge in [-0.1, -0.05) is 55.4 Å². The van der Waals surface area contributed by atoms with Crippen molar-refractivity contribution in [3.63, 3.8) is 0 Å². The van der Waals surface area contributed by atoms with Crippen LogP contribution in [0.15, 0.2) is 12.3 Å². The quantitative estimate of drug-likeness (QED) is 0.660. The van der Waals surface area contributed by atoms with Crippen molar-refractivity contribution in [2.45, 2.75) is 66.2 Å². The van der Waals surface area contributed by atoms with Gasteiger partial charge in [0, 0.05) is 22.7 Å². The summed E-state index contributed by atoms with van der Waals surface area (Å²) in [6, 6.07) is 2.00. The molecular weight excluding hydrogens is 196 g/mol. The molecule has 1 rings (SSSR count). The Labute approximate surface area is 101 Å². The Morgan fingerprint density at radius 1 is 0.875 bits per heavy atom. The topological polar surface area (TPSA) is 25.8 Å². The van der Waals surface area contributed by atoms with Crippen LogP contribution >= 0.6 is 0 Å². The first-order valence-electron chi connectivity index (χ1n) is 6.05. The minimum absolute atomic E-state index is 0.0290. The Hall–Kier alpha value is -0.920. The molecule has 0 unspecified atom stereocenters. The molecule has 0 aliphatic rings. The number of hydrogen-bond acceptors (Lipinski definition) is 2. The minimum atomic E-state index is 0.0290. The van der Waals surface area contributed by atoms with E-state index in [9.17, 15) is 0 Å². The van der Waals surface area contributed by atoms with Gasteiger partial charge in [0.2, 0.25) is 0 Å². The first kappa shape index (κ1) is 15.1. The second-order valence-electron chi connectivity index (χ2n) is 5.77. The molecule has 0 aliphatic carbocycles. The molecule has 16 heavy (non-hydrogen) atoms. The molecule has 0 amide bonds. The van der Waals surface area contributed by atoms with Crippen molar-refractivity contribution in [1.82, 2.24) is 9.97 Å². The fourth-order valence-electron chi connectivity index (χ4n) is 1.14. The summed E-state index contributed by atoms with van der Waals surface area (Å²) in [6.07, 6.45) is 1.86. The highest BCUT2D eigenvalue weighted by molar-refractivity contribution is 5.14. The molecule has 0 spiro atoms. The molecular formula is C14H26N2. The smallest absolute Gasteiger partial charge is 0.133 e. The van der Waals surface area contributed by atoms with Crippen molar-refractivity contribution in [1.29, 1.82) is 0 Å². The third-order valence-electron chi connectivity index (χ3n) is 2.09. The molecule has 1 heterocycles. The Morgan fingerprint density at radius 3 is 1.75 bits per heavy atom. The molecule has 0 bridgehead atoms. The van der Waals surface area contributed by atoms with Gasteiger partial charge in [-0.2, -0.15) is 0 Å². The number of nitrogens with zero attached hydrogens (tertiary/aromatic N) is 2. The fourth-order valence-corrected chi connectivity index (χ4v) is 1.14. The zero-order chi connectivity index (χ0) is 13.0. The molecule has 1 aromatic rings. The maximum Gasteiger partial charge on any atom is 0.133 e. The lowest BCUT2D eigenvalue weighted by molar-refractivity contribution is 0.513. The van der Waals surface area contributed by atoms with Gasteiger partial charge in [0.05, 0.1) is 0 Å². The Bertz CT molecular complexity index is 287. The molecule has 2 heteroatoms. The second kappa shape index (κ2) is 5.42. The molecule has 0 aromatic carbocycles. The van der Waals surface area contributed by atoms with E-state index in [1.807, 2.05) is 26.1 Å². The summed E-state index contributed by atoms with van der Waals surface area (Å²) in [5.41, 5.74) is 1.24. The van der Waals surface area contributed by atoms with Crippen molar-refractivity contribution >= 4 is 0 Å². The van der Waals surface area contributed by atoms with Crippen LogP contribution < -0.4 is 0 Å². The summed E-state index contributed by atoms with van der Waals surface area (Å²) in [4.78, 5) is 8.92. The molecule has 0 saturated heterocycles. The summed E-state index contributed by atoms with van der Waals surface area (Å²) in [7, 11) is 0. The van der Waals surface area contributed by atoms with E-state index in [1.54, 1.807) is 0 Å². The molecule has 92 valence electrons. The van der Waals surface area contributed by atoms with E-state index in [4.69, 9.17) is 0 Å². The van der Waals surface area contributed by atoms with Crippen LogP contribution in [0.5, 0.6) is 0 Å². The van der Waals surface area contributed by atoms with E-state index < -0.39 is 0 Å². The van der Waals surface area contributed by atoms with Crippen LogP contribution in [-0.4, -0.2) is 9.97 Å². The van der Waals surface area contributed by atoms with Gasteiger partial charge in [-0.3, -0.25) is 0 Å². The van der Waals surface area contributed by atoms with Crippen LogP contribution in [0, 0.1) is 0 Å². The fraction of sp³-hybridized carbons (Fsp3) is 0.714. The van der Waals surface area contributed by atoms with Gasteiger partial charge in [-0.25, -0.2) is 9.97 Å². The molecule has 0 saturated carbocycles. The maximum atomic E-state index is 4.60. The average molecular weight is 222 g/mol. The van der Waals surface area contributed by atoms with Gasteiger partial charge in [0.25, 0.3) is 0 Å². The van der Waals surface area contributed by atoms with Crippen molar-refractivity contribution in [2.24, 2.45) is 0 Å². The minimum Gasteiger partial charge on any atom is -0.241 e. The lowest BCUT2D eigenvalue weighted by Crippen LogP contribution is -2.21. The molecule has 1 aromatic heterocycles. The van der Waals surface area contributed by atoms with Crippen LogP contribution in [0.3, 0.4) is 0 Å². The molecule has 2 nitrogen and oxygen atoms in total. The van der Waals surface area contributed by atoms with Crippen molar-refractivity contribution in [2.75, 3.05) is 0 Å². The van der Waals surface area contributed by atoms with Crippen LogP contribution in [0.4, 0.5) is 0 Å². The molecule has 0 atom stereocenters. The molecule has 0 aliphatic heterocycles. The molecule has 0 radical (unpaired) electrons. The first-order valence-corrected chi connectivity index (χ1v) is 6.05. The van der Waals surface area contributed by atoms with Gasteiger partial charge in [-0.15, -0.1) is 0 Å². The second-order valence-corrected chi connectivity index (χ2v) is 5.77. The SMILES string of the molecule is CC.CC(C)(C)c1ccnc(C(C)(C)C)n1. The number of hydrogen-bond donors (Lipinski definition) is 0. The average Bonchev–Trinajstić information content (AvgIpc) is 2.18. The number of rotatable bonds is 0. The Kier molecular flexibility index (Phi) is 5.11. The first-order chi connectivity index (χ1) is 7.21. The predicted molar refractivity (Wildman–Crippen MR) is 70.8 cm³/mol. The Balaban J connectivity index is 0.00000106. The maximum absolute atomic E-state index is 4.60. The molecule has 0 N–H and O–H groups in total. The summed E-state index contributed by atoms with van der Waals surface area (Å²) < 4.78 is 0. The van der Waals surface area contributed by atoms with Crippen LogP contribution in [0.1, 0.15) is 66.9 Å². The normalized spacial score (nSPS) is 11.8. The van der Waals surface area contributed by atoms with Crippen LogP contribution in [-0.2, 0) is 10.8 Å². The highest BCUT2D eigenvalue weighted by Crippen LogP contribution is 2.23. The number of aromatic nitrogens is 2. The predicted octanol–water partition coefficient (Wildman–Crippen LogP) is 4.10. The van der Waals surface area contributed by atoms with Gasteiger partial charge in [0.1, 0.15) is 5.82 Å². The van der Waals surface area contributed by atoms with E-state index in [2.05, 4.69) is 51.5 Å². The largest absolute Gasteiger partial charge is 0.241 e. The van der Waals surface area contributed by atoms with E-state index in [1.165, 1.54) is 0 Å². The Morgan fingerprint density at radius 2 is 1.38 bits per heavy atom. The zero-order valence-corrected chi connectivity index (χ0v) is 12.0. The van der Waals surface area contributed by atoms with Gasteiger partial charge < -0.3 is 0 Å². The highest BCUT2D eigenvalue weighted by atomic mass is 14.9. The van der Waals surface area contributed by atoms with E-state index >= 15 is 0 Å². The van der Waals surface area contributed by atoms with Gasteiger partial charge >= 0.3 is 0 Å². The lowest BCUT2D eigenvalue weighted by Gasteiger charge is -2.22.